The second-order valence-electron chi connectivity index (χ2n) is 10.9. The van der Waals surface area contributed by atoms with Gasteiger partial charge in [0.2, 0.25) is 0 Å². The fourth-order valence-electron chi connectivity index (χ4n) is 4.59. The lowest BCUT2D eigenvalue weighted by Gasteiger charge is -2.18. The van der Waals surface area contributed by atoms with Crippen molar-refractivity contribution in [2.24, 2.45) is 17.6 Å². The molecule has 260 valence electrons. The van der Waals surface area contributed by atoms with Gasteiger partial charge in [0, 0.05) is 41.9 Å². The van der Waals surface area contributed by atoms with E-state index >= 15 is 0 Å². The lowest BCUT2D eigenvalue weighted by atomic mass is 10.0. The Morgan fingerprint density at radius 1 is 0.694 bits per heavy atom. The summed E-state index contributed by atoms with van der Waals surface area (Å²) in [5, 5.41) is 23.7. The summed E-state index contributed by atoms with van der Waals surface area (Å²) in [6, 6.07) is 30.8. The van der Waals surface area contributed by atoms with E-state index in [9.17, 15) is 29.8 Å². The van der Waals surface area contributed by atoms with Crippen molar-refractivity contribution in [2.75, 3.05) is 0 Å². The van der Waals surface area contributed by atoms with Crippen molar-refractivity contribution in [3.63, 3.8) is 0 Å². The number of non-ortho nitro benzene ring substituents is 2. The summed E-state index contributed by atoms with van der Waals surface area (Å²) in [4.78, 5) is 42.1. The number of nitrogens with one attached hydrogen (secondary N) is 1. The SMILES string of the molecule is C.Cl.N[C@H](c1ccccc1)C1CC1.O=C(Cl)Oc1ccc([N+](=O)[O-])cc1.O=C(N[C@H](c1ccccc1)C1CC1)Oc1ccc([N+](=O)[O-])cc1. The number of benzene rings is 4. The van der Waals surface area contributed by atoms with Crippen LogP contribution in [0.5, 0.6) is 11.5 Å². The first kappa shape index (κ1) is 40.1. The van der Waals surface area contributed by atoms with Crippen LogP contribution in [0, 0.1) is 32.1 Å². The van der Waals surface area contributed by atoms with Crippen LogP contribution in [0.4, 0.5) is 21.0 Å². The minimum atomic E-state index is -0.978. The van der Waals surface area contributed by atoms with Gasteiger partial charge in [0.25, 0.3) is 11.4 Å². The molecule has 2 atom stereocenters. The predicted octanol–water partition coefficient (Wildman–Crippen LogP) is 9.32. The van der Waals surface area contributed by atoms with E-state index in [0.29, 0.717) is 5.92 Å². The Kier molecular flexibility index (Phi) is 16.1. The Hall–Kier alpha value is -5.04. The number of rotatable bonds is 9. The molecule has 2 saturated carbocycles. The van der Waals surface area contributed by atoms with Gasteiger partial charge in [-0.05, 0) is 72.9 Å². The van der Waals surface area contributed by atoms with Crippen LogP contribution in [-0.2, 0) is 0 Å². The normalized spacial score (nSPS) is 13.8. The van der Waals surface area contributed by atoms with Crippen molar-refractivity contribution >= 4 is 46.9 Å². The standard InChI is InChI=1S/C17H16N2O4.C10H13N.C7H4ClNO4.CH4.ClH/c20-17(23-15-10-8-14(9-11-15)19(21)22)18-16(13-6-7-13)12-4-2-1-3-5-12;11-10(9-6-7-9)8-4-2-1-3-5-8;8-7(10)13-6-3-1-5(2-4-6)9(11)12;;/h1-5,8-11,13,16H,6-7H2,(H,18,20);1-5,9-10H,6-7,11H2;1-4H;1H4;1H/t16-;10-;;;/m11.../s1. The number of nitro groups is 2. The Labute approximate surface area is 295 Å². The molecule has 4 aromatic rings. The molecular weight excluding hydrogens is 675 g/mol. The van der Waals surface area contributed by atoms with Gasteiger partial charge >= 0.3 is 11.5 Å². The molecule has 0 aliphatic heterocycles. The lowest BCUT2D eigenvalue weighted by molar-refractivity contribution is -0.385. The molecule has 3 N–H and O–H groups in total. The van der Waals surface area contributed by atoms with E-state index in [1.165, 1.54) is 66.9 Å². The van der Waals surface area contributed by atoms with Gasteiger partial charge < -0.3 is 20.5 Å². The summed E-state index contributed by atoms with van der Waals surface area (Å²) in [7, 11) is 0. The van der Waals surface area contributed by atoms with Crippen LogP contribution in [0.3, 0.4) is 0 Å². The average molecular weight is 714 g/mol. The van der Waals surface area contributed by atoms with E-state index in [1.807, 2.05) is 36.4 Å². The molecule has 14 heteroatoms. The first-order valence-corrected chi connectivity index (χ1v) is 15.2. The van der Waals surface area contributed by atoms with Crippen molar-refractivity contribution in [2.45, 2.75) is 45.2 Å². The number of carbonyl (C=O) groups is 2. The number of halogens is 2. The van der Waals surface area contributed by atoms with Gasteiger partial charge in [-0.25, -0.2) is 9.59 Å². The third kappa shape index (κ3) is 13.5. The minimum Gasteiger partial charge on any atom is -0.414 e. The van der Waals surface area contributed by atoms with Crippen LogP contribution < -0.4 is 20.5 Å². The molecule has 1 amide bonds. The highest BCUT2D eigenvalue weighted by Gasteiger charge is 2.34. The molecule has 0 heterocycles. The van der Waals surface area contributed by atoms with Crippen LogP contribution >= 0.6 is 24.0 Å². The Morgan fingerprint density at radius 2 is 1.10 bits per heavy atom. The molecule has 0 aromatic heterocycles. The summed E-state index contributed by atoms with van der Waals surface area (Å²) in [6.45, 7) is 0. The molecule has 0 radical (unpaired) electrons. The maximum absolute atomic E-state index is 12.1. The highest BCUT2D eigenvalue weighted by atomic mass is 35.5. The Balaban J connectivity index is 0.000000273. The number of amides is 1. The third-order valence-corrected chi connectivity index (χ3v) is 7.42. The van der Waals surface area contributed by atoms with Gasteiger partial charge in [-0.1, -0.05) is 68.1 Å². The summed E-state index contributed by atoms with van der Waals surface area (Å²) in [5.41, 5.74) is 7.24. The molecule has 2 fully saturated rings. The van der Waals surface area contributed by atoms with Crippen LogP contribution in [0.2, 0.25) is 0 Å². The Morgan fingerprint density at radius 3 is 1.49 bits per heavy atom. The van der Waals surface area contributed by atoms with Crippen LogP contribution in [0.25, 0.3) is 0 Å². The molecule has 2 aliphatic carbocycles. The highest BCUT2D eigenvalue weighted by Crippen LogP contribution is 2.41. The van der Waals surface area contributed by atoms with Crippen molar-refractivity contribution in [1.29, 1.82) is 0 Å². The van der Waals surface area contributed by atoms with Crippen molar-refractivity contribution < 1.29 is 28.9 Å². The number of nitrogens with two attached hydrogens (primary N) is 1. The van der Waals surface area contributed by atoms with E-state index in [-0.39, 0.29) is 54.8 Å². The van der Waals surface area contributed by atoms with Gasteiger partial charge in [-0.2, -0.15) is 0 Å². The monoisotopic (exact) mass is 712 g/mol. The van der Waals surface area contributed by atoms with Crippen LogP contribution in [0.15, 0.2) is 109 Å². The fourth-order valence-corrected chi connectivity index (χ4v) is 4.68. The Bertz CT molecular complexity index is 1640. The fraction of sp³-hybridized carbons (Fsp3) is 0.257. The van der Waals surface area contributed by atoms with E-state index < -0.39 is 21.4 Å². The largest absolute Gasteiger partial charge is 0.414 e. The van der Waals surface area contributed by atoms with E-state index in [4.69, 9.17) is 22.1 Å². The molecule has 4 aromatic carbocycles. The minimum absolute atomic E-state index is 0. The molecule has 12 nitrogen and oxygen atoms in total. The number of carbonyl (C=O) groups excluding carboxylic acids is 2. The molecule has 0 unspecified atom stereocenters. The number of ether oxygens (including phenoxy) is 2. The first-order chi connectivity index (χ1) is 22.6. The topological polar surface area (TPSA) is 177 Å². The summed E-state index contributed by atoms with van der Waals surface area (Å²) in [5.74, 6) is 1.64. The zero-order valence-electron chi connectivity index (χ0n) is 25.6. The first-order valence-electron chi connectivity index (χ1n) is 14.8. The maximum Gasteiger partial charge on any atom is 0.413 e. The van der Waals surface area contributed by atoms with E-state index in [0.717, 1.165) is 24.3 Å². The van der Waals surface area contributed by atoms with Gasteiger partial charge in [-0.3, -0.25) is 20.2 Å². The smallest absolute Gasteiger partial charge is 0.413 e. The van der Waals surface area contributed by atoms with Gasteiger partial charge in [0.05, 0.1) is 15.9 Å². The zero-order valence-corrected chi connectivity index (χ0v) is 27.1. The van der Waals surface area contributed by atoms with Crippen molar-refractivity contribution in [3.8, 4) is 11.5 Å². The second-order valence-corrected chi connectivity index (χ2v) is 11.2. The van der Waals surface area contributed by atoms with E-state index in [2.05, 4.69) is 34.3 Å². The lowest BCUT2D eigenvalue weighted by Crippen LogP contribution is -2.32. The van der Waals surface area contributed by atoms with Crippen molar-refractivity contribution in [3.05, 3.63) is 141 Å². The number of nitro benzene ring substituents is 2. The molecule has 0 bridgehead atoms. The molecule has 6 rings (SSSR count). The summed E-state index contributed by atoms with van der Waals surface area (Å²) >= 11 is 4.92. The van der Waals surface area contributed by atoms with E-state index in [1.54, 1.807) is 0 Å². The second kappa shape index (κ2) is 19.7. The quantitative estimate of drug-likeness (QED) is 0.0972. The van der Waals surface area contributed by atoms with Gasteiger partial charge in [0.1, 0.15) is 11.5 Å². The number of nitrogens with zero attached hydrogens (tertiary/aromatic N) is 2. The van der Waals surface area contributed by atoms with Crippen molar-refractivity contribution in [1.82, 2.24) is 5.32 Å². The summed E-state index contributed by atoms with van der Waals surface area (Å²) < 4.78 is 9.66. The number of hydrogen-bond donors (Lipinski definition) is 2. The van der Waals surface area contributed by atoms with Crippen LogP contribution in [0.1, 0.15) is 56.3 Å². The molecular formula is C35H38Cl2N4O8. The summed E-state index contributed by atoms with van der Waals surface area (Å²) in [6.07, 6.45) is 4.24. The molecule has 0 spiro atoms. The average Bonchev–Trinajstić information content (AvgIpc) is 4.00. The van der Waals surface area contributed by atoms with Gasteiger partial charge in [-0.15, -0.1) is 12.4 Å². The number of hydrogen-bond acceptors (Lipinski definition) is 9. The highest BCUT2D eigenvalue weighted by molar-refractivity contribution is 6.61. The third-order valence-electron chi connectivity index (χ3n) is 7.34. The zero-order chi connectivity index (χ0) is 33.8. The molecule has 2 aliphatic rings. The molecule has 49 heavy (non-hydrogen) atoms. The predicted molar refractivity (Wildman–Crippen MR) is 189 cm³/mol. The van der Waals surface area contributed by atoms with Gasteiger partial charge in [0.15, 0.2) is 0 Å². The molecule has 0 saturated heterocycles. The maximum atomic E-state index is 12.1. The van der Waals surface area contributed by atoms with Crippen LogP contribution in [-0.4, -0.2) is 21.4 Å².